The van der Waals surface area contributed by atoms with E-state index in [1.165, 1.54) is 11.8 Å². The Labute approximate surface area is 132 Å². The summed E-state index contributed by atoms with van der Waals surface area (Å²) in [6, 6.07) is 13.3. The lowest BCUT2D eigenvalue weighted by Gasteiger charge is -2.10. The highest BCUT2D eigenvalue weighted by atomic mass is 32.2. The number of para-hydroxylation sites is 2. The monoisotopic (exact) mass is 312 g/mol. The molecule has 0 bridgehead atoms. The van der Waals surface area contributed by atoms with Gasteiger partial charge in [-0.1, -0.05) is 30.0 Å². The molecule has 2 N–H and O–H groups in total. The van der Waals surface area contributed by atoms with E-state index in [1.807, 2.05) is 50.2 Å². The molecule has 112 valence electrons. The molecule has 1 unspecified atom stereocenters. The Bertz CT molecular complexity index is 782. The van der Waals surface area contributed by atoms with E-state index >= 15 is 0 Å². The second-order valence-electron chi connectivity index (χ2n) is 4.97. The molecular weight excluding hydrogens is 296 g/mol. The lowest BCUT2D eigenvalue weighted by atomic mass is 10.3. The van der Waals surface area contributed by atoms with Crippen LogP contribution in [0.2, 0.25) is 0 Å². The number of rotatable bonds is 4. The van der Waals surface area contributed by atoms with Gasteiger partial charge in [-0.2, -0.15) is 0 Å². The first-order valence-corrected chi connectivity index (χ1v) is 7.86. The predicted molar refractivity (Wildman–Crippen MR) is 89.0 cm³/mol. The van der Waals surface area contributed by atoms with E-state index in [2.05, 4.69) is 20.3 Å². The third-order valence-corrected chi connectivity index (χ3v) is 4.15. The highest BCUT2D eigenvalue weighted by molar-refractivity contribution is 8.00. The molecule has 0 saturated heterocycles. The van der Waals surface area contributed by atoms with Crippen LogP contribution in [0.1, 0.15) is 12.6 Å². The zero-order valence-electron chi connectivity index (χ0n) is 12.3. The largest absolute Gasteiger partial charge is 0.333 e. The zero-order chi connectivity index (χ0) is 15.5. The molecular formula is C16H16N4OS. The Hall–Kier alpha value is -2.34. The van der Waals surface area contributed by atoms with Crippen molar-refractivity contribution in [3.8, 4) is 0 Å². The van der Waals surface area contributed by atoms with Gasteiger partial charge in [0, 0.05) is 5.69 Å². The number of imidazole rings is 1. The average molecular weight is 312 g/mol. The number of H-pyrrole nitrogens is 1. The first-order valence-electron chi connectivity index (χ1n) is 6.98. The molecule has 0 aliphatic rings. The number of carbonyl (C=O) groups excluding carboxylic acids is 1. The number of amides is 1. The number of thioether (sulfide) groups is 1. The minimum atomic E-state index is -0.275. The van der Waals surface area contributed by atoms with Crippen molar-refractivity contribution in [3.05, 3.63) is 48.2 Å². The summed E-state index contributed by atoms with van der Waals surface area (Å²) >= 11 is 1.39. The van der Waals surface area contributed by atoms with E-state index in [1.54, 1.807) is 6.07 Å². The number of fused-ring (bicyclic) bond motifs is 1. The summed E-state index contributed by atoms with van der Waals surface area (Å²) in [7, 11) is 0. The van der Waals surface area contributed by atoms with Crippen LogP contribution in [0, 0.1) is 6.92 Å². The SMILES string of the molecule is Cc1cccc(NC(=O)C(C)Sc2nc3ccccc3[nH]2)n1. The number of pyridine rings is 1. The van der Waals surface area contributed by atoms with Crippen LogP contribution in [0.3, 0.4) is 0 Å². The molecule has 0 aliphatic heterocycles. The van der Waals surface area contributed by atoms with Crippen molar-refractivity contribution in [2.75, 3.05) is 5.32 Å². The van der Waals surface area contributed by atoms with Gasteiger partial charge in [0.25, 0.3) is 0 Å². The summed E-state index contributed by atoms with van der Waals surface area (Å²) in [5, 5.41) is 3.29. The summed E-state index contributed by atoms with van der Waals surface area (Å²) in [5.41, 5.74) is 2.74. The van der Waals surface area contributed by atoms with Crippen LogP contribution >= 0.6 is 11.8 Å². The van der Waals surface area contributed by atoms with Crippen molar-refractivity contribution < 1.29 is 4.79 Å². The average Bonchev–Trinajstić information content (AvgIpc) is 2.89. The van der Waals surface area contributed by atoms with Crippen molar-refractivity contribution in [1.29, 1.82) is 0 Å². The summed E-state index contributed by atoms with van der Waals surface area (Å²) in [6.45, 7) is 3.74. The normalized spacial score (nSPS) is 12.3. The lowest BCUT2D eigenvalue weighted by Crippen LogP contribution is -2.23. The molecule has 3 rings (SSSR count). The van der Waals surface area contributed by atoms with Crippen molar-refractivity contribution in [3.63, 3.8) is 0 Å². The third-order valence-electron chi connectivity index (χ3n) is 3.16. The van der Waals surface area contributed by atoms with Gasteiger partial charge in [0.15, 0.2) is 5.16 Å². The van der Waals surface area contributed by atoms with Crippen molar-refractivity contribution in [1.82, 2.24) is 15.0 Å². The molecule has 0 fully saturated rings. The maximum absolute atomic E-state index is 12.2. The maximum atomic E-state index is 12.2. The summed E-state index contributed by atoms with van der Waals surface area (Å²) in [4.78, 5) is 24.2. The second-order valence-corrected chi connectivity index (χ2v) is 6.30. The van der Waals surface area contributed by atoms with Crippen LogP contribution in [-0.2, 0) is 4.79 Å². The summed E-state index contributed by atoms with van der Waals surface area (Å²) in [6.07, 6.45) is 0. The topological polar surface area (TPSA) is 70.7 Å². The Morgan fingerprint density at radius 3 is 2.77 bits per heavy atom. The van der Waals surface area contributed by atoms with E-state index < -0.39 is 0 Å². The van der Waals surface area contributed by atoms with Crippen molar-refractivity contribution in [2.45, 2.75) is 24.3 Å². The Morgan fingerprint density at radius 2 is 2.00 bits per heavy atom. The van der Waals surface area contributed by atoms with Crippen LogP contribution in [-0.4, -0.2) is 26.1 Å². The number of nitrogens with zero attached hydrogens (tertiary/aromatic N) is 2. The number of aryl methyl sites for hydroxylation is 1. The maximum Gasteiger partial charge on any atom is 0.238 e. The molecule has 1 aromatic carbocycles. The molecule has 3 aromatic rings. The molecule has 1 amide bonds. The number of hydrogen-bond donors (Lipinski definition) is 2. The molecule has 0 radical (unpaired) electrons. The second kappa shape index (κ2) is 6.19. The number of aromatic nitrogens is 3. The fourth-order valence-corrected chi connectivity index (χ4v) is 2.87. The highest BCUT2D eigenvalue weighted by Gasteiger charge is 2.17. The van der Waals surface area contributed by atoms with Gasteiger partial charge in [0.2, 0.25) is 5.91 Å². The number of anilines is 1. The first kappa shape index (κ1) is 14.6. The van der Waals surface area contributed by atoms with Gasteiger partial charge in [-0.25, -0.2) is 9.97 Å². The van der Waals surface area contributed by atoms with Gasteiger partial charge in [-0.15, -0.1) is 0 Å². The quantitative estimate of drug-likeness (QED) is 0.725. The van der Waals surface area contributed by atoms with E-state index in [9.17, 15) is 4.79 Å². The fourth-order valence-electron chi connectivity index (χ4n) is 2.05. The van der Waals surface area contributed by atoms with Gasteiger partial charge in [0.1, 0.15) is 5.82 Å². The summed E-state index contributed by atoms with van der Waals surface area (Å²) < 4.78 is 0. The van der Waals surface area contributed by atoms with E-state index in [0.29, 0.717) is 5.82 Å². The van der Waals surface area contributed by atoms with Gasteiger partial charge in [0.05, 0.1) is 16.3 Å². The zero-order valence-corrected chi connectivity index (χ0v) is 13.1. The van der Waals surface area contributed by atoms with E-state index in [0.717, 1.165) is 21.9 Å². The van der Waals surface area contributed by atoms with Gasteiger partial charge in [-0.05, 0) is 38.1 Å². The van der Waals surface area contributed by atoms with Crippen molar-refractivity contribution >= 4 is 34.5 Å². The van der Waals surface area contributed by atoms with Crippen LogP contribution in [0.15, 0.2) is 47.6 Å². The molecule has 2 heterocycles. The molecule has 22 heavy (non-hydrogen) atoms. The minimum Gasteiger partial charge on any atom is -0.333 e. The van der Waals surface area contributed by atoms with Crippen molar-refractivity contribution in [2.24, 2.45) is 0 Å². The van der Waals surface area contributed by atoms with Gasteiger partial charge >= 0.3 is 0 Å². The molecule has 1 atom stereocenters. The molecule has 0 aliphatic carbocycles. The first-order chi connectivity index (χ1) is 10.6. The molecule has 0 spiro atoms. The predicted octanol–water partition coefficient (Wildman–Crippen LogP) is 3.39. The molecule has 5 nitrogen and oxygen atoms in total. The Morgan fingerprint density at radius 1 is 1.18 bits per heavy atom. The molecule has 6 heteroatoms. The fraction of sp³-hybridized carbons (Fsp3) is 0.188. The summed E-state index contributed by atoms with van der Waals surface area (Å²) in [5.74, 6) is 0.477. The van der Waals surface area contributed by atoms with Crippen LogP contribution < -0.4 is 5.32 Å². The number of aromatic amines is 1. The lowest BCUT2D eigenvalue weighted by molar-refractivity contribution is -0.115. The smallest absolute Gasteiger partial charge is 0.238 e. The van der Waals surface area contributed by atoms with Crippen LogP contribution in [0.4, 0.5) is 5.82 Å². The number of hydrogen-bond acceptors (Lipinski definition) is 4. The standard InChI is InChI=1S/C16H16N4OS/c1-10-6-5-9-14(17-10)20-15(21)11(2)22-16-18-12-7-3-4-8-13(12)19-16/h3-9,11H,1-2H3,(H,18,19)(H,17,20,21). The highest BCUT2D eigenvalue weighted by Crippen LogP contribution is 2.24. The van der Waals surface area contributed by atoms with E-state index in [4.69, 9.17) is 0 Å². The van der Waals surface area contributed by atoms with Crippen LogP contribution in [0.25, 0.3) is 11.0 Å². The van der Waals surface area contributed by atoms with Gasteiger partial charge in [-0.3, -0.25) is 4.79 Å². The minimum absolute atomic E-state index is 0.0939. The Balaban J connectivity index is 1.68. The molecule has 2 aromatic heterocycles. The third kappa shape index (κ3) is 3.28. The van der Waals surface area contributed by atoms with Crippen LogP contribution in [0.5, 0.6) is 0 Å². The Kier molecular flexibility index (Phi) is 4.11. The number of benzene rings is 1. The van der Waals surface area contributed by atoms with E-state index in [-0.39, 0.29) is 11.2 Å². The molecule has 0 saturated carbocycles. The number of carbonyl (C=O) groups is 1. The van der Waals surface area contributed by atoms with Gasteiger partial charge < -0.3 is 10.3 Å². The number of nitrogens with one attached hydrogen (secondary N) is 2.